The minimum atomic E-state index is -0.198. The number of nitrogens with zero attached hydrogens (tertiary/aromatic N) is 2. The molecule has 3 rings (SSSR count). The first kappa shape index (κ1) is 33.1. The van der Waals surface area contributed by atoms with E-state index in [0.717, 1.165) is 37.3 Å². The van der Waals surface area contributed by atoms with Crippen LogP contribution in [-0.2, 0) is 19.1 Å². The van der Waals surface area contributed by atoms with E-state index in [9.17, 15) is 14.4 Å². The SMILES string of the molecule is CCOC(=O)C[N+](CC)(CC)CCOc1ccc2c(c1)C(=O)c1cc(OCC[N+](CC)(CC)CC(=O)OCC)ccc1-2. The molecule has 1 aliphatic rings. The molecule has 230 valence electrons. The standard InChI is InChI=1S/C33H48N2O7/c1-7-34(8-2,23-31(36)39-11-5)17-19-41-25-13-15-27-28-16-14-26(22-30(28)33(38)29(27)21-25)42-20-18-35(9-3,10-4)24-32(37)40-12-6/h13-16,21-22H,7-12,17-20,23-24H2,1-6H3/q+2. The Morgan fingerprint density at radius 2 is 0.976 bits per heavy atom. The van der Waals surface area contributed by atoms with Gasteiger partial charge >= 0.3 is 11.9 Å². The maximum absolute atomic E-state index is 13.4. The number of fused-ring (bicyclic) bond motifs is 3. The van der Waals surface area contributed by atoms with Gasteiger partial charge in [0.2, 0.25) is 0 Å². The lowest BCUT2D eigenvalue weighted by molar-refractivity contribution is -0.918. The van der Waals surface area contributed by atoms with Gasteiger partial charge in [0.25, 0.3) is 0 Å². The lowest BCUT2D eigenvalue weighted by Gasteiger charge is -2.35. The third-order valence-corrected chi connectivity index (χ3v) is 8.65. The fourth-order valence-corrected chi connectivity index (χ4v) is 5.58. The Morgan fingerprint density at radius 3 is 1.31 bits per heavy atom. The van der Waals surface area contributed by atoms with Crippen molar-refractivity contribution in [1.29, 1.82) is 0 Å². The van der Waals surface area contributed by atoms with Crippen molar-refractivity contribution < 1.29 is 42.3 Å². The molecular weight excluding hydrogens is 536 g/mol. The van der Waals surface area contributed by atoms with Gasteiger partial charge in [-0.1, -0.05) is 0 Å². The molecule has 0 heterocycles. The van der Waals surface area contributed by atoms with Crippen LogP contribution in [0.25, 0.3) is 11.1 Å². The number of hydrogen-bond acceptors (Lipinski definition) is 7. The summed E-state index contributed by atoms with van der Waals surface area (Å²) in [5, 5.41) is 0. The van der Waals surface area contributed by atoms with Gasteiger partial charge in [0.15, 0.2) is 18.9 Å². The van der Waals surface area contributed by atoms with E-state index in [1.807, 2.05) is 38.1 Å². The van der Waals surface area contributed by atoms with Crippen molar-refractivity contribution >= 4 is 17.7 Å². The van der Waals surface area contributed by atoms with Gasteiger partial charge in [-0.3, -0.25) is 4.79 Å². The largest absolute Gasteiger partial charge is 0.488 e. The second-order valence-corrected chi connectivity index (χ2v) is 10.8. The summed E-state index contributed by atoms with van der Waals surface area (Å²) >= 11 is 0. The van der Waals surface area contributed by atoms with Crippen LogP contribution in [0.5, 0.6) is 11.5 Å². The number of carbonyl (C=O) groups excluding carboxylic acids is 3. The molecule has 9 heteroatoms. The van der Waals surface area contributed by atoms with Crippen molar-refractivity contribution in [2.75, 3.05) is 78.8 Å². The molecule has 0 aromatic heterocycles. The molecule has 0 aliphatic heterocycles. The molecule has 0 saturated heterocycles. The lowest BCUT2D eigenvalue weighted by atomic mass is 10.1. The second kappa shape index (κ2) is 15.2. The van der Waals surface area contributed by atoms with Gasteiger partial charge in [0, 0.05) is 11.1 Å². The smallest absolute Gasteiger partial charge is 0.361 e. The van der Waals surface area contributed by atoms with Crippen molar-refractivity contribution in [2.24, 2.45) is 0 Å². The van der Waals surface area contributed by atoms with Crippen molar-refractivity contribution in [3.05, 3.63) is 47.5 Å². The third-order valence-electron chi connectivity index (χ3n) is 8.65. The first-order valence-electron chi connectivity index (χ1n) is 15.3. The Balaban J connectivity index is 1.64. The summed E-state index contributed by atoms with van der Waals surface area (Å²) in [5.41, 5.74) is 2.98. The van der Waals surface area contributed by atoms with Crippen molar-refractivity contribution in [2.45, 2.75) is 41.5 Å². The molecule has 0 saturated carbocycles. The summed E-state index contributed by atoms with van der Waals surface area (Å²) in [5.74, 6) is 0.804. The number of rotatable bonds is 18. The highest BCUT2D eigenvalue weighted by molar-refractivity contribution is 6.22. The highest BCUT2D eigenvalue weighted by Gasteiger charge is 2.31. The maximum Gasteiger partial charge on any atom is 0.361 e. The van der Waals surface area contributed by atoms with Crippen LogP contribution in [0.4, 0.5) is 0 Å². The van der Waals surface area contributed by atoms with Crippen molar-refractivity contribution in [1.82, 2.24) is 0 Å². The van der Waals surface area contributed by atoms with Gasteiger partial charge in [-0.05, 0) is 89.1 Å². The van der Waals surface area contributed by atoms with Gasteiger partial charge in [0.1, 0.15) is 37.8 Å². The molecule has 42 heavy (non-hydrogen) atoms. The van der Waals surface area contributed by atoms with Gasteiger partial charge in [-0.15, -0.1) is 0 Å². The van der Waals surface area contributed by atoms with Crippen LogP contribution in [-0.4, -0.2) is 105 Å². The number of likely N-dealkylation sites (N-methyl/N-ethyl adjacent to an activating group) is 2. The Hall–Kier alpha value is -3.43. The minimum Gasteiger partial charge on any atom is -0.488 e. The van der Waals surface area contributed by atoms with E-state index in [4.69, 9.17) is 18.9 Å². The quantitative estimate of drug-likeness (QED) is 0.161. The van der Waals surface area contributed by atoms with E-state index in [2.05, 4.69) is 27.7 Å². The fourth-order valence-electron chi connectivity index (χ4n) is 5.58. The van der Waals surface area contributed by atoms with Crippen LogP contribution in [0.15, 0.2) is 36.4 Å². The van der Waals surface area contributed by atoms with E-state index in [1.165, 1.54) is 0 Å². The van der Waals surface area contributed by atoms with E-state index in [0.29, 0.717) is 84.2 Å². The normalized spacial score (nSPS) is 12.5. The molecule has 0 N–H and O–H groups in total. The van der Waals surface area contributed by atoms with Crippen LogP contribution in [0.3, 0.4) is 0 Å². The summed E-state index contributed by atoms with van der Waals surface area (Å²) in [6.07, 6.45) is 0. The first-order chi connectivity index (χ1) is 20.2. The van der Waals surface area contributed by atoms with E-state index in [1.54, 1.807) is 12.1 Å². The Bertz CT molecular complexity index is 1140. The molecule has 0 unspecified atom stereocenters. The molecule has 0 fully saturated rings. The zero-order chi connectivity index (χ0) is 30.8. The zero-order valence-corrected chi connectivity index (χ0v) is 26.2. The van der Waals surface area contributed by atoms with Crippen LogP contribution >= 0.6 is 0 Å². The van der Waals surface area contributed by atoms with Crippen molar-refractivity contribution in [3.63, 3.8) is 0 Å². The average molecular weight is 585 g/mol. The summed E-state index contributed by atoms with van der Waals surface area (Å²) in [7, 11) is 0. The predicted octanol–water partition coefficient (Wildman–Crippen LogP) is 4.50. The fraction of sp³-hybridized carbons (Fsp3) is 0.545. The molecule has 0 bridgehead atoms. The number of benzene rings is 2. The van der Waals surface area contributed by atoms with Crippen LogP contribution < -0.4 is 9.47 Å². The summed E-state index contributed by atoms with van der Waals surface area (Å²) in [6, 6.07) is 11.2. The minimum absolute atomic E-state index is 0.0555. The van der Waals surface area contributed by atoms with Crippen LogP contribution in [0.1, 0.15) is 57.5 Å². The molecule has 1 aliphatic carbocycles. The van der Waals surface area contributed by atoms with Gasteiger partial charge in [-0.25, -0.2) is 9.59 Å². The molecule has 0 atom stereocenters. The number of quaternary nitrogens is 2. The second-order valence-electron chi connectivity index (χ2n) is 10.8. The number of carbonyl (C=O) groups is 3. The van der Waals surface area contributed by atoms with E-state index >= 15 is 0 Å². The zero-order valence-electron chi connectivity index (χ0n) is 26.2. The predicted molar refractivity (Wildman–Crippen MR) is 162 cm³/mol. The Labute approximate surface area is 250 Å². The number of ketones is 1. The third kappa shape index (κ3) is 7.89. The highest BCUT2D eigenvalue weighted by atomic mass is 16.5. The Morgan fingerprint density at radius 1 is 0.595 bits per heavy atom. The molecule has 9 nitrogen and oxygen atoms in total. The summed E-state index contributed by atoms with van der Waals surface area (Å²) in [6.45, 7) is 18.6. The monoisotopic (exact) mass is 584 g/mol. The van der Waals surface area contributed by atoms with Gasteiger partial charge < -0.3 is 27.9 Å². The highest BCUT2D eigenvalue weighted by Crippen LogP contribution is 2.40. The van der Waals surface area contributed by atoms with Gasteiger partial charge in [-0.2, -0.15) is 0 Å². The number of hydrogen-bond donors (Lipinski definition) is 0. The average Bonchev–Trinajstić information content (AvgIpc) is 3.26. The maximum atomic E-state index is 13.4. The molecule has 0 amide bonds. The lowest BCUT2D eigenvalue weighted by Crippen LogP contribution is -2.53. The molecule has 0 radical (unpaired) electrons. The number of ether oxygens (including phenoxy) is 4. The Kier molecular flexibility index (Phi) is 11.9. The van der Waals surface area contributed by atoms with Crippen LogP contribution in [0, 0.1) is 0 Å². The van der Waals surface area contributed by atoms with Gasteiger partial charge in [0.05, 0.1) is 39.4 Å². The molecule has 2 aromatic carbocycles. The topological polar surface area (TPSA) is 88.1 Å². The van der Waals surface area contributed by atoms with Crippen molar-refractivity contribution in [3.8, 4) is 22.6 Å². The number of esters is 2. The molecule has 2 aromatic rings. The van der Waals surface area contributed by atoms with E-state index < -0.39 is 0 Å². The summed E-state index contributed by atoms with van der Waals surface area (Å²) < 4.78 is 23.7. The summed E-state index contributed by atoms with van der Waals surface area (Å²) in [4.78, 5) is 37.7. The van der Waals surface area contributed by atoms with E-state index in [-0.39, 0.29) is 17.7 Å². The molecule has 0 spiro atoms. The molecular formula is C33H48N2O7+2. The van der Waals surface area contributed by atoms with Crippen LogP contribution in [0.2, 0.25) is 0 Å². The first-order valence-corrected chi connectivity index (χ1v) is 15.3.